The molecule has 0 spiro atoms. The first-order chi connectivity index (χ1) is 17.2. The molecule has 7 rings (SSSR count). The molecule has 1 heterocycles. The Balaban J connectivity index is 1.37. The number of para-hydroxylation sites is 1. The number of hydrogen-bond acceptors (Lipinski definition) is 2. The third-order valence-electron chi connectivity index (χ3n) is 7.15. The van der Waals surface area contributed by atoms with Gasteiger partial charge in [0, 0.05) is 33.5 Å². The summed E-state index contributed by atoms with van der Waals surface area (Å²) in [5.74, 6) is -0.390. The van der Waals surface area contributed by atoms with E-state index < -0.39 is 0 Å². The molecule has 0 bridgehead atoms. The highest BCUT2D eigenvalue weighted by atomic mass is 16.2. The zero-order chi connectivity index (χ0) is 23.5. The number of carbonyl (C=O) groups is 2. The van der Waals surface area contributed by atoms with E-state index in [1.807, 2.05) is 48.5 Å². The van der Waals surface area contributed by atoms with Crippen molar-refractivity contribution in [1.82, 2.24) is 4.57 Å². The van der Waals surface area contributed by atoms with E-state index in [-0.39, 0.29) is 17.1 Å². The van der Waals surface area contributed by atoms with Crippen LogP contribution in [0.15, 0.2) is 96.6 Å². The monoisotopic (exact) mass is 451 g/mol. The minimum atomic E-state index is -0.195. The Morgan fingerprint density at radius 3 is 2.14 bits per heavy atom. The lowest BCUT2D eigenvalue weighted by Gasteiger charge is -2.13. The van der Waals surface area contributed by atoms with E-state index in [0.717, 1.165) is 45.8 Å². The molecule has 0 N–H and O–H groups in total. The maximum atomic E-state index is 13.2. The van der Waals surface area contributed by atoms with Crippen LogP contribution in [0, 0.1) is 0 Å². The fraction of sp³-hybridized carbons (Fsp3) is 0.0625. The number of benzene rings is 4. The quantitative estimate of drug-likeness (QED) is 0.210. The Kier molecular flexibility index (Phi) is 4.27. The number of nitrogens with zero attached hydrogens (tertiary/aromatic N) is 1. The summed E-state index contributed by atoms with van der Waals surface area (Å²) in [6.45, 7) is 0. The van der Waals surface area contributed by atoms with E-state index in [1.165, 1.54) is 11.3 Å². The third kappa shape index (κ3) is 2.98. The molecule has 2 aliphatic carbocycles. The number of ketones is 2. The first-order valence-corrected chi connectivity index (χ1v) is 11.9. The molecule has 166 valence electrons. The standard InChI is InChI=1S/C32H21NO2/c34-31-26-18-21-8-4-5-9-22(21)19-27(26)32(35)28(31)17-20-14-15-30-25(16-20)24-12-6-7-13-29(24)33(30)23-10-2-1-3-11-23/h1-6,8-12,14-19H,7,13H2. The van der Waals surface area contributed by atoms with Gasteiger partial charge in [0.05, 0.1) is 11.1 Å². The van der Waals surface area contributed by atoms with Crippen molar-refractivity contribution in [3.63, 3.8) is 0 Å². The molecule has 0 fully saturated rings. The molecule has 35 heavy (non-hydrogen) atoms. The molecule has 0 saturated carbocycles. The highest BCUT2D eigenvalue weighted by Gasteiger charge is 2.33. The van der Waals surface area contributed by atoms with Crippen molar-refractivity contribution in [1.29, 1.82) is 0 Å². The average Bonchev–Trinajstić information content (AvgIpc) is 3.35. The molecule has 4 aromatic carbocycles. The first kappa shape index (κ1) is 19.9. The van der Waals surface area contributed by atoms with E-state index in [4.69, 9.17) is 0 Å². The van der Waals surface area contributed by atoms with Gasteiger partial charge in [-0.15, -0.1) is 0 Å². The second-order valence-electron chi connectivity index (χ2n) is 9.21. The van der Waals surface area contributed by atoms with Crippen LogP contribution in [0.3, 0.4) is 0 Å². The highest BCUT2D eigenvalue weighted by molar-refractivity contribution is 6.42. The van der Waals surface area contributed by atoms with Gasteiger partial charge < -0.3 is 4.57 Å². The molecule has 1 aromatic heterocycles. The molecule has 0 radical (unpaired) electrons. The Morgan fingerprint density at radius 2 is 1.43 bits per heavy atom. The summed E-state index contributed by atoms with van der Waals surface area (Å²) in [5, 5.41) is 3.07. The Bertz CT molecular complexity index is 1710. The van der Waals surface area contributed by atoms with Crippen molar-refractivity contribution < 1.29 is 9.59 Å². The van der Waals surface area contributed by atoms with Crippen molar-refractivity contribution in [3.8, 4) is 5.69 Å². The zero-order valence-electron chi connectivity index (χ0n) is 19.0. The number of carbonyl (C=O) groups excluding carboxylic acids is 2. The van der Waals surface area contributed by atoms with Crippen molar-refractivity contribution in [2.75, 3.05) is 0 Å². The van der Waals surface area contributed by atoms with E-state index >= 15 is 0 Å². The lowest BCUT2D eigenvalue weighted by Crippen LogP contribution is -2.02. The van der Waals surface area contributed by atoms with E-state index in [2.05, 4.69) is 53.1 Å². The van der Waals surface area contributed by atoms with Crippen LogP contribution in [-0.4, -0.2) is 16.1 Å². The summed E-state index contributed by atoms with van der Waals surface area (Å²) < 4.78 is 2.33. The summed E-state index contributed by atoms with van der Waals surface area (Å²) >= 11 is 0. The Hall–Kier alpha value is -4.50. The number of Topliss-reactive ketones (excluding diaryl/α,β-unsaturated/α-hetero) is 2. The van der Waals surface area contributed by atoms with Gasteiger partial charge in [0.2, 0.25) is 0 Å². The topological polar surface area (TPSA) is 39.1 Å². The molecule has 0 atom stereocenters. The van der Waals surface area contributed by atoms with Crippen LogP contribution in [0.4, 0.5) is 0 Å². The van der Waals surface area contributed by atoms with Gasteiger partial charge in [0.1, 0.15) is 0 Å². The van der Waals surface area contributed by atoms with Crippen molar-refractivity contribution in [3.05, 3.63) is 125 Å². The van der Waals surface area contributed by atoms with Crippen LogP contribution in [0.5, 0.6) is 0 Å². The summed E-state index contributed by atoms with van der Waals surface area (Å²) in [6, 6.07) is 28.1. The van der Waals surface area contributed by atoms with Crippen LogP contribution >= 0.6 is 0 Å². The lowest BCUT2D eigenvalue weighted by atomic mass is 10.00. The molecule has 5 aromatic rings. The van der Waals surface area contributed by atoms with Crippen LogP contribution in [-0.2, 0) is 6.42 Å². The fourth-order valence-corrected chi connectivity index (χ4v) is 5.51. The number of hydrogen-bond donors (Lipinski definition) is 0. The van der Waals surface area contributed by atoms with Crippen LogP contribution in [0.1, 0.15) is 44.0 Å². The zero-order valence-corrected chi connectivity index (χ0v) is 19.0. The van der Waals surface area contributed by atoms with Crippen LogP contribution < -0.4 is 0 Å². The summed E-state index contributed by atoms with van der Waals surface area (Å²) in [5.41, 5.74) is 6.88. The minimum Gasteiger partial charge on any atom is -0.313 e. The summed E-state index contributed by atoms with van der Waals surface area (Å²) in [4.78, 5) is 26.5. The Morgan fingerprint density at radius 1 is 0.743 bits per heavy atom. The van der Waals surface area contributed by atoms with Crippen LogP contribution in [0.2, 0.25) is 0 Å². The molecule has 3 heteroatoms. The molecular formula is C32H21NO2. The first-order valence-electron chi connectivity index (χ1n) is 11.9. The molecule has 2 aliphatic rings. The second kappa shape index (κ2) is 7.51. The summed E-state index contributed by atoms with van der Waals surface area (Å²) in [7, 11) is 0. The van der Waals surface area contributed by atoms with Gasteiger partial charge in [-0.25, -0.2) is 0 Å². The molecule has 0 amide bonds. The van der Waals surface area contributed by atoms with Gasteiger partial charge in [0.15, 0.2) is 11.6 Å². The predicted molar refractivity (Wildman–Crippen MR) is 141 cm³/mol. The Labute approximate surface area is 202 Å². The maximum absolute atomic E-state index is 13.2. The maximum Gasteiger partial charge on any atom is 0.197 e. The number of aromatic nitrogens is 1. The SMILES string of the molecule is O=C1C(=Cc2ccc3c(c2)c2c(n3-c3ccccc3)CCC=C2)C(=O)c2cc3ccccc3cc21. The molecule has 0 saturated heterocycles. The number of fused-ring (bicyclic) bond motifs is 5. The highest BCUT2D eigenvalue weighted by Crippen LogP contribution is 2.36. The number of allylic oxidation sites excluding steroid dienone is 2. The van der Waals surface area contributed by atoms with E-state index in [0.29, 0.717) is 11.1 Å². The normalized spacial score (nSPS) is 14.6. The van der Waals surface area contributed by atoms with Gasteiger partial charge >= 0.3 is 0 Å². The van der Waals surface area contributed by atoms with E-state index in [9.17, 15) is 9.59 Å². The molecule has 0 aliphatic heterocycles. The van der Waals surface area contributed by atoms with Gasteiger partial charge in [0.25, 0.3) is 0 Å². The van der Waals surface area contributed by atoms with Gasteiger partial charge in [-0.2, -0.15) is 0 Å². The smallest absolute Gasteiger partial charge is 0.197 e. The van der Waals surface area contributed by atoms with Crippen molar-refractivity contribution in [2.45, 2.75) is 12.8 Å². The second-order valence-corrected chi connectivity index (χ2v) is 9.21. The van der Waals surface area contributed by atoms with Gasteiger partial charge in [-0.1, -0.05) is 60.7 Å². The lowest BCUT2D eigenvalue weighted by molar-refractivity contribution is 0.0990. The average molecular weight is 452 g/mol. The third-order valence-corrected chi connectivity index (χ3v) is 7.15. The molecule has 0 unspecified atom stereocenters. The van der Waals surface area contributed by atoms with Crippen molar-refractivity contribution >= 4 is 45.4 Å². The fourth-order valence-electron chi connectivity index (χ4n) is 5.51. The molecular weight excluding hydrogens is 430 g/mol. The van der Waals surface area contributed by atoms with Gasteiger partial charge in [-0.05, 0) is 71.7 Å². The minimum absolute atomic E-state index is 0.195. The van der Waals surface area contributed by atoms with E-state index in [1.54, 1.807) is 6.08 Å². The largest absolute Gasteiger partial charge is 0.313 e. The summed E-state index contributed by atoms with van der Waals surface area (Å²) in [6.07, 6.45) is 8.17. The van der Waals surface area contributed by atoms with Gasteiger partial charge in [-0.3, -0.25) is 9.59 Å². The number of rotatable bonds is 2. The van der Waals surface area contributed by atoms with Crippen molar-refractivity contribution in [2.24, 2.45) is 0 Å². The van der Waals surface area contributed by atoms with Crippen LogP contribution in [0.25, 0.3) is 39.5 Å². The predicted octanol–water partition coefficient (Wildman–Crippen LogP) is 7.21. The molecule has 3 nitrogen and oxygen atoms in total.